The second kappa shape index (κ2) is 6.83. The summed E-state index contributed by atoms with van der Waals surface area (Å²) < 4.78 is 5.06. The van der Waals surface area contributed by atoms with E-state index in [-0.39, 0.29) is 5.69 Å². The van der Waals surface area contributed by atoms with Crippen LogP contribution in [0.25, 0.3) is 28.1 Å². The van der Waals surface area contributed by atoms with Gasteiger partial charge in [0.25, 0.3) is 0 Å². The van der Waals surface area contributed by atoms with Crippen molar-refractivity contribution in [3.05, 3.63) is 46.8 Å². The molecule has 0 bridgehead atoms. The van der Waals surface area contributed by atoms with Crippen LogP contribution in [0, 0.1) is 17.2 Å². The van der Waals surface area contributed by atoms with Crippen LogP contribution >= 0.6 is 0 Å². The van der Waals surface area contributed by atoms with E-state index in [2.05, 4.69) is 21.5 Å². The SMILES string of the molecule is Cn1c(=O)n(CC2CCNCC2)c2nc(-c3cnn4ccc(C#N)cc34)ncc21. The first-order valence-electron chi connectivity index (χ1n) is 9.66. The first-order valence-corrected chi connectivity index (χ1v) is 9.66. The molecule has 1 fully saturated rings. The molecule has 0 unspecified atom stereocenters. The Bertz CT molecular complexity index is 1320. The largest absolute Gasteiger partial charge is 0.330 e. The summed E-state index contributed by atoms with van der Waals surface area (Å²) in [5.41, 5.74) is 3.30. The van der Waals surface area contributed by atoms with Gasteiger partial charge in [-0.05, 0) is 44.0 Å². The van der Waals surface area contributed by atoms with Gasteiger partial charge in [-0.1, -0.05) is 0 Å². The summed E-state index contributed by atoms with van der Waals surface area (Å²) in [6, 6.07) is 5.62. The normalized spacial score (nSPS) is 15.2. The summed E-state index contributed by atoms with van der Waals surface area (Å²) >= 11 is 0. The van der Waals surface area contributed by atoms with Crippen LogP contribution in [-0.4, -0.2) is 41.8 Å². The highest BCUT2D eigenvalue weighted by molar-refractivity contribution is 5.80. The van der Waals surface area contributed by atoms with Crippen molar-refractivity contribution in [2.75, 3.05) is 13.1 Å². The fraction of sp³-hybridized carbons (Fsp3) is 0.350. The fourth-order valence-corrected chi connectivity index (χ4v) is 4.02. The standard InChI is InChI=1S/C20H20N8O/c1-26-17-11-23-18(15-10-24-28-7-4-14(9-21)8-16(15)28)25-19(17)27(20(26)29)12-13-2-5-22-6-3-13/h4,7-8,10-11,13,22H,2-3,5-6,12H2,1H3. The van der Waals surface area contributed by atoms with Crippen LogP contribution in [0.3, 0.4) is 0 Å². The average molecular weight is 388 g/mol. The number of piperidine rings is 1. The van der Waals surface area contributed by atoms with Gasteiger partial charge in [-0.3, -0.25) is 9.13 Å². The maximum absolute atomic E-state index is 12.8. The maximum atomic E-state index is 12.8. The minimum Gasteiger partial charge on any atom is -0.317 e. The molecular weight excluding hydrogens is 368 g/mol. The highest BCUT2D eigenvalue weighted by atomic mass is 16.1. The Morgan fingerprint density at radius 2 is 2.10 bits per heavy atom. The molecule has 0 atom stereocenters. The van der Waals surface area contributed by atoms with Crippen LogP contribution in [-0.2, 0) is 13.6 Å². The third-order valence-electron chi connectivity index (χ3n) is 5.68. The molecule has 1 aliphatic rings. The van der Waals surface area contributed by atoms with Crippen molar-refractivity contribution < 1.29 is 0 Å². The molecular formula is C20H20N8O. The van der Waals surface area contributed by atoms with Crippen molar-refractivity contribution in [2.24, 2.45) is 13.0 Å². The van der Waals surface area contributed by atoms with Crippen LogP contribution in [0.4, 0.5) is 0 Å². The van der Waals surface area contributed by atoms with Gasteiger partial charge in [-0.2, -0.15) is 10.4 Å². The summed E-state index contributed by atoms with van der Waals surface area (Å²) in [7, 11) is 1.75. The molecule has 29 heavy (non-hydrogen) atoms. The zero-order chi connectivity index (χ0) is 20.0. The first kappa shape index (κ1) is 17.6. The minimum atomic E-state index is -0.0726. The van der Waals surface area contributed by atoms with Gasteiger partial charge in [-0.15, -0.1) is 0 Å². The van der Waals surface area contributed by atoms with E-state index in [0.29, 0.717) is 35.0 Å². The Hall–Kier alpha value is -3.51. The molecule has 1 saturated heterocycles. The van der Waals surface area contributed by atoms with Gasteiger partial charge in [0.1, 0.15) is 5.52 Å². The predicted octanol–water partition coefficient (Wildman–Crippen LogP) is 1.32. The van der Waals surface area contributed by atoms with Crippen molar-refractivity contribution in [3.8, 4) is 17.5 Å². The number of aryl methyl sites for hydroxylation is 1. The maximum Gasteiger partial charge on any atom is 0.330 e. The van der Waals surface area contributed by atoms with E-state index in [9.17, 15) is 10.1 Å². The first-order chi connectivity index (χ1) is 14.2. The second-order valence-corrected chi connectivity index (χ2v) is 7.46. The molecule has 0 spiro atoms. The fourth-order valence-electron chi connectivity index (χ4n) is 4.02. The Morgan fingerprint density at radius 3 is 2.90 bits per heavy atom. The van der Waals surface area contributed by atoms with Crippen LogP contribution in [0.2, 0.25) is 0 Å². The molecule has 9 heteroatoms. The lowest BCUT2D eigenvalue weighted by Crippen LogP contribution is -2.32. The number of nitrogens with zero attached hydrogens (tertiary/aromatic N) is 7. The molecule has 1 aliphatic heterocycles. The van der Waals surface area contributed by atoms with E-state index in [0.717, 1.165) is 37.0 Å². The molecule has 0 aliphatic carbocycles. The number of hydrogen-bond acceptors (Lipinski definition) is 6. The summed E-state index contributed by atoms with van der Waals surface area (Å²) in [5.74, 6) is 0.945. The van der Waals surface area contributed by atoms with Crippen molar-refractivity contribution in [2.45, 2.75) is 19.4 Å². The number of nitrogens with one attached hydrogen (secondary N) is 1. The topological polar surface area (TPSA) is 106 Å². The van der Waals surface area contributed by atoms with Gasteiger partial charge in [0, 0.05) is 19.8 Å². The monoisotopic (exact) mass is 388 g/mol. The molecule has 4 aromatic rings. The molecule has 0 radical (unpaired) electrons. The molecule has 4 aromatic heterocycles. The van der Waals surface area contributed by atoms with E-state index in [1.165, 1.54) is 0 Å². The molecule has 1 N–H and O–H groups in total. The Labute approximate surface area is 166 Å². The summed E-state index contributed by atoms with van der Waals surface area (Å²) in [6.07, 6.45) is 7.22. The molecule has 0 saturated carbocycles. The molecule has 0 aromatic carbocycles. The van der Waals surface area contributed by atoms with Gasteiger partial charge in [0.15, 0.2) is 11.5 Å². The Balaban J connectivity index is 1.64. The van der Waals surface area contributed by atoms with Gasteiger partial charge in [0.2, 0.25) is 0 Å². The molecule has 146 valence electrons. The smallest absolute Gasteiger partial charge is 0.317 e. The van der Waals surface area contributed by atoms with Gasteiger partial charge < -0.3 is 5.32 Å². The molecule has 5 rings (SSSR count). The average Bonchev–Trinajstić information content (AvgIpc) is 3.28. The lowest BCUT2D eigenvalue weighted by Gasteiger charge is -2.22. The highest BCUT2D eigenvalue weighted by Crippen LogP contribution is 2.24. The number of imidazole rings is 1. The lowest BCUT2D eigenvalue weighted by molar-refractivity contribution is 0.332. The molecule has 5 heterocycles. The minimum absolute atomic E-state index is 0.0726. The summed E-state index contributed by atoms with van der Waals surface area (Å²) in [5, 5.41) is 16.9. The number of aromatic nitrogens is 6. The van der Waals surface area contributed by atoms with Gasteiger partial charge in [-0.25, -0.2) is 19.3 Å². The van der Waals surface area contributed by atoms with E-state index >= 15 is 0 Å². The van der Waals surface area contributed by atoms with Crippen molar-refractivity contribution in [3.63, 3.8) is 0 Å². The number of pyridine rings is 1. The Morgan fingerprint density at radius 1 is 1.28 bits per heavy atom. The second-order valence-electron chi connectivity index (χ2n) is 7.46. The van der Waals surface area contributed by atoms with Crippen molar-refractivity contribution in [1.29, 1.82) is 5.26 Å². The quantitative estimate of drug-likeness (QED) is 0.567. The van der Waals surface area contributed by atoms with Gasteiger partial charge in [0.05, 0.1) is 35.1 Å². The molecule has 9 nitrogen and oxygen atoms in total. The highest BCUT2D eigenvalue weighted by Gasteiger charge is 2.20. The van der Waals surface area contributed by atoms with Crippen LogP contribution in [0.15, 0.2) is 35.5 Å². The zero-order valence-corrected chi connectivity index (χ0v) is 16.0. The summed E-state index contributed by atoms with van der Waals surface area (Å²) in [4.78, 5) is 22.1. The van der Waals surface area contributed by atoms with E-state index in [4.69, 9.17) is 4.98 Å². The van der Waals surface area contributed by atoms with E-state index < -0.39 is 0 Å². The van der Waals surface area contributed by atoms with Crippen molar-refractivity contribution in [1.82, 2.24) is 34.0 Å². The van der Waals surface area contributed by atoms with Crippen LogP contribution in [0.1, 0.15) is 18.4 Å². The van der Waals surface area contributed by atoms with Crippen LogP contribution < -0.4 is 11.0 Å². The number of fused-ring (bicyclic) bond motifs is 2. The number of rotatable bonds is 3. The molecule has 0 amide bonds. The third-order valence-corrected chi connectivity index (χ3v) is 5.68. The Kier molecular flexibility index (Phi) is 4.14. The predicted molar refractivity (Wildman–Crippen MR) is 107 cm³/mol. The zero-order valence-electron chi connectivity index (χ0n) is 16.0. The lowest BCUT2D eigenvalue weighted by atomic mass is 9.98. The van der Waals surface area contributed by atoms with E-state index in [1.54, 1.807) is 51.4 Å². The van der Waals surface area contributed by atoms with Crippen molar-refractivity contribution >= 4 is 16.7 Å². The van der Waals surface area contributed by atoms with Crippen LogP contribution in [0.5, 0.6) is 0 Å². The number of hydrogen-bond donors (Lipinski definition) is 1. The number of nitriles is 1. The van der Waals surface area contributed by atoms with E-state index in [1.807, 2.05) is 0 Å². The van der Waals surface area contributed by atoms with Gasteiger partial charge >= 0.3 is 5.69 Å². The summed E-state index contributed by atoms with van der Waals surface area (Å²) in [6.45, 7) is 2.61. The third kappa shape index (κ3) is 2.89.